The van der Waals surface area contributed by atoms with Crippen LogP contribution in [0.4, 0.5) is 0 Å². The van der Waals surface area contributed by atoms with Gasteiger partial charge in [-0.2, -0.15) is 0 Å². The lowest BCUT2D eigenvalue weighted by atomic mass is 9.78. The van der Waals surface area contributed by atoms with Crippen molar-refractivity contribution in [2.24, 2.45) is 5.73 Å². The molecule has 4 nitrogen and oxygen atoms in total. The zero-order chi connectivity index (χ0) is 17.8. The lowest BCUT2D eigenvalue weighted by Gasteiger charge is -2.27. The number of fused-ring (bicyclic) bond motifs is 1. The van der Waals surface area contributed by atoms with Gasteiger partial charge in [-0.25, -0.2) is 0 Å². The molecule has 3 N–H and O–H groups in total. The van der Waals surface area contributed by atoms with Crippen molar-refractivity contribution < 1.29 is 14.6 Å². The second-order valence-corrected chi connectivity index (χ2v) is 6.31. The first-order valence-corrected chi connectivity index (χ1v) is 8.52. The molecule has 0 saturated heterocycles. The van der Waals surface area contributed by atoms with E-state index in [2.05, 4.69) is 18.2 Å². The predicted octanol–water partition coefficient (Wildman–Crippen LogP) is 3.59. The Balaban J connectivity index is 2.09. The highest BCUT2D eigenvalue weighted by Crippen LogP contribution is 2.41. The molecule has 1 aliphatic carbocycles. The first kappa shape index (κ1) is 17.2. The fourth-order valence-electron chi connectivity index (χ4n) is 3.58. The van der Waals surface area contributed by atoms with Crippen molar-refractivity contribution in [3.63, 3.8) is 0 Å². The Morgan fingerprint density at radius 1 is 1.24 bits per heavy atom. The van der Waals surface area contributed by atoms with Crippen molar-refractivity contribution in [1.82, 2.24) is 0 Å². The molecular weight excluding hydrogens is 314 g/mol. The minimum Gasteiger partial charge on any atom is -0.497 e. The molecule has 0 amide bonds. The van der Waals surface area contributed by atoms with E-state index in [0.29, 0.717) is 12.5 Å². The third-order valence-corrected chi connectivity index (χ3v) is 4.76. The number of benzene rings is 2. The van der Waals surface area contributed by atoms with Crippen LogP contribution in [0.1, 0.15) is 41.0 Å². The fraction of sp³-hybridized carbons (Fsp3) is 0.286. The summed E-state index contributed by atoms with van der Waals surface area (Å²) in [6, 6.07) is 13.8. The summed E-state index contributed by atoms with van der Waals surface area (Å²) in [5.74, 6) is 0.381. The van der Waals surface area contributed by atoms with Crippen molar-refractivity contribution >= 4 is 11.5 Å². The van der Waals surface area contributed by atoms with Crippen molar-refractivity contribution in [2.75, 3.05) is 13.7 Å². The number of ether oxygens (including phenoxy) is 1. The second kappa shape index (κ2) is 7.53. The largest absolute Gasteiger partial charge is 0.497 e. The maximum atomic E-state index is 11.2. The summed E-state index contributed by atoms with van der Waals surface area (Å²) in [4.78, 5) is 11.2. The van der Waals surface area contributed by atoms with Crippen LogP contribution in [-0.4, -0.2) is 24.7 Å². The lowest BCUT2D eigenvalue weighted by Crippen LogP contribution is -2.13. The van der Waals surface area contributed by atoms with Crippen LogP contribution in [0.25, 0.3) is 5.57 Å². The Kier molecular flexibility index (Phi) is 5.19. The van der Waals surface area contributed by atoms with Crippen LogP contribution in [-0.2, 0) is 11.2 Å². The minimum atomic E-state index is -0.820. The number of rotatable bonds is 6. The maximum Gasteiger partial charge on any atom is 0.307 e. The summed E-state index contributed by atoms with van der Waals surface area (Å²) in [6.07, 6.45) is 4.05. The number of hydrogen-bond acceptors (Lipinski definition) is 3. The summed E-state index contributed by atoms with van der Waals surface area (Å²) >= 11 is 0. The highest BCUT2D eigenvalue weighted by molar-refractivity contribution is 5.86. The molecule has 0 radical (unpaired) electrons. The number of carbonyl (C=O) groups is 1. The first-order valence-electron chi connectivity index (χ1n) is 8.52. The number of allylic oxidation sites excluding steroid dienone is 1. The van der Waals surface area contributed by atoms with Crippen molar-refractivity contribution in [3.8, 4) is 5.75 Å². The number of methoxy groups -OCH3 is 1. The molecule has 2 aromatic rings. The lowest BCUT2D eigenvalue weighted by molar-refractivity contribution is -0.136. The molecule has 0 aromatic heterocycles. The van der Waals surface area contributed by atoms with Crippen LogP contribution in [0, 0.1) is 0 Å². The van der Waals surface area contributed by atoms with Crippen molar-refractivity contribution in [3.05, 3.63) is 70.8 Å². The van der Waals surface area contributed by atoms with Gasteiger partial charge in [0.15, 0.2) is 0 Å². The van der Waals surface area contributed by atoms with Crippen molar-refractivity contribution in [1.29, 1.82) is 0 Å². The zero-order valence-electron chi connectivity index (χ0n) is 14.4. The van der Waals surface area contributed by atoms with Gasteiger partial charge in [0, 0.05) is 0 Å². The molecule has 1 aliphatic rings. The molecule has 0 aliphatic heterocycles. The topological polar surface area (TPSA) is 72.5 Å². The van der Waals surface area contributed by atoms with Gasteiger partial charge in [0.1, 0.15) is 5.75 Å². The third kappa shape index (κ3) is 3.59. The van der Waals surface area contributed by atoms with Crippen LogP contribution in [0.15, 0.2) is 48.5 Å². The second-order valence-electron chi connectivity index (χ2n) is 6.31. The van der Waals surface area contributed by atoms with Gasteiger partial charge in [0.25, 0.3) is 0 Å². The van der Waals surface area contributed by atoms with E-state index in [0.717, 1.165) is 40.9 Å². The average molecular weight is 337 g/mol. The Bertz CT molecular complexity index is 811. The summed E-state index contributed by atoms with van der Waals surface area (Å²) in [6.45, 7) is 0.639. The van der Waals surface area contributed by atoms with Gasteiger partial charge in [0.05, 0.1) is 13.5 Å². The molecule has 1 atom stereocenters. The summed E-state index contributed by atoms with van der Waals surface area (Å²) < 4.78 is 5.40. The minimum absolute atomic E-state index is 0.0191. The fourth-order valence-corrected chi connectivity index (χ4v) is 3.58. The van der Waals surface area contributed by atoms with Gasteiger partial charge in [-0.1, -0.05) is 36.4 Å². The SMILES string of the molecule is COc1ccc2c(c1)C(CCN)CC=C2c1ccccc1CC(=O)O. The molecule has 4 heteroatoms. The number of nitrogens with two attached hydrogens (primary N) is 1. The number of hydrogen-bond donors (Lipinski definition) is 2. The molecule has 0 saturated carbocycles. The van der Waals surface area contributed by atoms with E-state index in [9.17, 15) is 9.90 Å². The Hall–Kier alpha value is -2.59. The van der Waals surface area contributed by atoms with Gasteiger partial charge in [-0.15, -0.1) is 0 Å². The van der Waals surface area contributed by atoms with E-state index in [1.165, 1.54) is 5.56 Å². The predicted molar refractivity (Wildman–Crippen MR) is 98.9 cm³/mol. The van der Waals surface area contributed by atoms with Crippen LogP contribution in [0.2, 0.25) is 0 Å². The first-order chi connectivity index (χ1) is 12.1. The number of carboxylic acids is 1. The summed E-state index contributed by atoms with van der Waals surface area (Å²) in [5.41, 5.74) is 11.1. The Morgan fingerprint density at radius 2 is 2.04 bits per heavy atom. The molecular formula is C21H23NO3. The van der Waals surface area contributed by atoms with Crippen LogP contribution < -0.4 is 10.5 Å². The average Bonchev–Trinajstić information content (AvgIpc) is 2.62. The van der Waals surface area contributed by atoms with E-state index in [1.54, 1.807) is 7.11 Å². The van der Waals surface area contributed by atoms with Gasteiger partial charge in [-0.3, -0.25) is 4.79 Å². The Labute approximate surface area is 147 Å². The Morgan fingerprint density at radius 3 is 2.76 bits per heavy atom. The smallest absolute Gasteiger partial charge is 0.307 e. The van der Waals surface area contributed by atoms with E-state index >= 15 is 0 Å². The maximum absolute atomic E-state index is 11.2. The van der Waals surface area contributed by atoms with Crippen molar-refractivity contribution in [2.45, 2.75) is 25.2 Å². The third-order valence-electron chi connectivity index (χ3n) is 4.76. The van der Waals surface area contributed by atoms with Gasteiger partial charge < -0.3 is 15.6 Å². The normalized spacial score (nSPS) is 16.1. The van der Waals surface area contributed by atoms with Gasteiger partial charge >= 0.3 is 5.97 Å². The number of carboxylic acid groups (broad SMARTS) is 1. The van der Waals surface area contributed by atoms with Gasteiger partial charge in [0.2, 0.25) is 0 Å². The molecule has 0 heterocycles. The molecule has 0 fully saturated rings. The highest BCUT2D eigenvalue weighted by Gasteiger charge is 2.24. The van der Waals surface area contributed by atoms with Crippen LogP contribution in [0.3, 0.4) is 0 Å². The molecule has 1 unspecified atom stereocenters. The van der Waals surface area contributed by atoms with E-state index in [-0.39, 0.29) is 6.42 Å². The monoisotopic (exact) mass is 337 g/mol. The number of aliphatic carboxylic acids is 1. The van der Waals surface area contributed by atoms with Crippen LogP contribution in [0.5, 0.6) is 5.75 Å². The van der Waals surface area contributed by atoms with E-state index in [1.807, 2.05) is 30.3 Å². The molecule has 25 heavy (non-hydrogen) atoms. The molecule has 2 aromatic carbocycles. The molecule has 3 rings (SSSR count). The zero-order valence-corrected chi connectivity index (χ0v) is 14.4. The molecule has 0 spiro atoms. The molecule has 130 valence electrons. The highest BCUT2D eigenvalue weighted by atomic mass is 16.5. The summed E-state index contributed by atoms with van der Waals surface area (Å²) in [5, 5.41) is 9.22. The quantitative estimate of drug-likeness (QED) is 0.845. The standard InChI is InChI=1S/C21H23NO3/c1-25-16-7-9-19-18(8-6-14(10-11-22)20(19)13-16)17-5-3-2-4-15(17)12-21(23)24/h2-5,7-9,13-14H,6,10-12,22H2,1H3,(H,23,24). The van der Waals surface area contributed by atoms with E-state index < -0.39 is 5.97 Å². The summed E-state index contributed by atoms with van der Waals surface area (Å²) in [7, 11) is 1.67. The van der Waals surface area contributed by atoms with Gasteiger partial charge in [-0.05, 0) is 65.3 Å². The molecule has 0 bridgehead atoms. The van der Waals surface area contributed by atoms with Crippen LogP contribution >= 0.6 is 0 Å². The van der Waals surface area contributed by atoms with E-state index in [4.69, 9.17) is 10.5 Å².